The molecule has 186 valence electrons. The van der Waals surface area contributed by atoms with Crippen LogP contribution in [0.15, 0.2) is 148 Å². The number of rotatable bonds is 8. The van der Waals surface area contributed by atoms with Gasteiger partial charge < -0.3 is 10.0 Å². The predicted octanol–water partition coefficient (Wildman–Crippen LogP) is 5.77. The van der Waals surface area contributed by atoms with Gasteiger partial charge in [-0.2, -0.15) is 0 Å². The van der Waals surface area contributed by atoms with E-state index < -0.39 is 5.97 Å². The average Bonchev–Trinajstić information content (AvgIpc) is 3.33. The molecule has 0 saturated carbocycles. The molecule has 0 bridgehead atoms. The van der Waals surface area contributed by atoms with Crippen LogP contribution in [0.1, 0.15) is 12.5 Å². The Kier molecular flexibility index (Phi) is 7.91. The number of aliphatic carboxylic acids is 1. The summed E-state index contributed by atoms with van der Waals surface area (Å²) in [4.78, 5) is 20.7. The van der Waals surface area contributed by atoms with Gasteiger partial charge in [0.05, 0.1) is 10.7 Å². The van der Waals surface area contributed by atoms with Gasteiger partial charge in [-0.25, -0.2) is 4.79 Å². The van der Waals surface area contributed by atoms with Crippen molar-refractivity contribution in [2.45, 2.75) is 11.8 Å². The molecule has 0 unspecified atom stereocenters. The molecular formula is C32H27BN2O2S. The highest BCUT2D eigenvalue weighted by Crippen LogP contribution is 2.45. The lowest BCUT2D eigenvalue weighted by Gasteiger charge is -2.19. The molecule has 6 heteroatoms. The van der Waals surface area contributed by atoms with E-state index in [1.807, 2.05) is 84.9 Å². The third kappa shape index (κ3) is 5.51. The quantitative estimate of drug-likeness (QED) is 0.184. The summed E-state index contributed by atoms with van der Waals surface area (Å²) in [5.41, 5.74) is 4.78. The van der Waals surface area contributed by atoms with Gasteiger partial charge in [0.1, 0.15) is 5.70 Å². The number of allylic oxidation sites excluding steroid dienone is 2. The molecule has 0 atom stereocenters. The van der Waals surface area contributed by atoms with E-state index in [0.29, 0.717) is 5.61 Å². The van der Waals surface area contributed by atoms with Crippen molar-refractivity contribution in [1.82, 2.24) is 0 Å². The van der Waals surface area contributed by atoms with Crippen LogP contribution in [0.5, 0.6) is 0 Å². The molecular weight excluding hydrogens is 487 g/mol. The fourth-order valence-electron chi connectivity index (χ4n) is 4.64. The highest BCUT2D eigenvalue weighted by atomic mass is 32.2. The van der Waals surface area contributed by atoms with Gasteiger partial charge >= 0.3 is 5.97 Å². The molecule has 1 aliphatic heterocycles. The Labute approximate surface area is 228 Å². The number of carboxylic acid groups (broad SMARTS) is 1. The standard InChI is InChI=1S/C32H27BN2O2S/c1-2-35-28-20-12-13-21-29(28)38-30(35)23-22-27(32(36)37)34-31(24-14-6-3-7-15-24)33(25-16-8-4-9-17-25)26-18-10-5-11-19-26/h3-23H,2H2,1H3,(H,36,37). The molecule has 4 aromatic rings. The lowest BCUT2D eigenvalue weighted by Crippen LogP contribution is -2.49. The second kappa shape index (κ2) is 11.8. The zero-order valence-electron chi connectivity index (χ0n) is 21.1. The Balaban J connectivity index is 1.64. The van der Waals surface area contributed by atoms with Crippen molar-refractivity contribution in [3.63, 3.8) is 0 Å². The number of hydrogen-bond acceptors (Lipinski definition) is 4. The van der Waals surface area contributed by atoms with Gasteiger partial charge in [-0.05, 0) is 36.8 Å². The van der Waals surface area contributed by atoms with E-state index in [-0.39, 0.29) is 12.4 Å². The van der Waals surface area contributed by atoms with Crippen molar-refractivity contribution in [3.05, 3.63) is 144 Å². The van der Waals surface area contributed by atoms with E-state index in [2.05, 4.69) is 48.2 Å². The van der Waals surface area contributed by atoms with Crippen molar-refractivity contribution < 1.29 is 9.90 Å². The number of benzene rings is 4. The van der Waals surface area contributed by atoms with E-state index in [1.54, 1.807) is 17.8 Å². The first kappa shape index (κ1) is 25.4. The van der Waals surface area contributed by atoms with Crippen molar-refractivity contribution in [2.24, 2.45) is 4.99 Å². The normalized spacial score (nSPS) is 14.4. The molecule has 4 aromatic carbocycles. The van der Waals surface area contributed by atoms with Gasteiger partial charge in [0.15, 0.2) is 0 Å². The molecule has 0 aliphatic carbocycles. The van der Waals surface area contributed by atoms with E-state index in [9.17, 15) is 9.90 Å². The third-order valence-electron chi connectivity index (χ3n) is 6.41. The first-order valence-electron chi connectivity index (χ1n) is 12.6. The number of carboxylic acids is 1. The van der Waals surface area contributed by atoms with Crippen LogP contribution in [-0.2, 0) is 4.79 Å². The molecule has 1 aliphatic rings. The molecule has 0 aromatic heterocycles. The summed E-state index contributed by atoms with van der Waals surface area (Å²) in [6.07, 6.45) is 3.49. The molecule has 0 spiro atoms. The van der Waals surface area contributed by atoms with Gasteiger partial charge in [0.25, 0.3) is 6.71 Å². The fraction of sp³-hybridized carbons (Fsp3) is 0.0625. The van der Waals surface area contributed by atoms with Crippen LogP contribution in [0.3, 0.4) is 0 Å². The monoisotopic (exact) mass is 514 g/mol. The van der Waals surface area contributed by atoms with Crippen molar-refractivity contribution >= 4 is 46.7 Å². The summed E-state index contributed by atoms with van der Waals surface area (Å²) < 4.78 is 0. The molecule has 4 nitrogen and oxygen atoms in total. The van der Waals surface area contributed by atoms with Gasteiger partial charge in [0.2, 0.25) is 0 Å². The maximum Gasteiger partial charge on any atom is 0.354 e. The molecule has 1 N–H and O–H groups in total. The van der Waals surface area contributed by atoms with Crippen LogP contribution < -0.4 is 15.8 Å². The summed E-state index contributed by atoms with van der Waals surface area (Å²) in [5, 5.41) is 11.2. The Bertz CT molecular complexity index is 1460. The van der Waals surface area contributed by atoms with E-state index >= 15 is 0 Å². The number of thioether (sulfide) groups is 1. The lowest BCUT2D eigenvalue weighted by molar-refractivity contribution is -0.132. The summed E-state index contributed by atoms with van der Waals surface area (Å²) in [6, 6.07) is 38.3. The second-order valence-electron chi connectivity index (χ2n) is 8.79. The third-order valence-corrected chi connectivity index (χ3v) is 7.54. The zero-order valence-corrected chi connectivity index (χ0v) is 21.9. The highest BCUT2D eigenvalue weighted by Gasteiger charge is 2.28. The molecule has 0 amide bonds. The number of aliphatic imine (C=N–C) groups is 1. The Morgan fingerprint density at radius 1 is 0.842 bits per heavy atom. The number of fused-ring (bicyclic) bond motifs is 1. The van der Waals surface area contributed by atoms with E-state index in [0.717, 1.165) is 38.6 Å². The van der Waals surface area contributed by atoms with Crippen molar-refractivity contribution in [3.8, 4) is 0 Å². The van der Waals surface area contributed by atoms with Crippen LogP contribution in [0.2, 0.25) is 0 Å². The van der Waals surface area contributed by atoms with Gasteiger partial charge in [-0.3, -0.25) is 4.99 Å². The number of hydrogen-bond donors (Lipinski definition) is 1. The van der Waals surface area contributed by atoms with Gasteiger partial charge in [-0.1, -0.05) is 126 Å². The average molecular weight is 514 g/mol. The minimum Gasteiger partial charge on any atom is -0.477 e. The largest absolute Gasteiger partial charge is 0.477 e. The minimum atomic E-state index is -1.07. The summed E-state index contributed by atoms with van der Waals surface area (Å²) in [6.45, 7) is 2.63. The van der Waals surface area contributed by atoms with Crippen LogP contribution in [0.25, 0.3) is 0 Å². The van der Waals surface area contributed by atoms with Crippen LogP contribution in [0, 0.1) is 0 Å². The number of anilines is 1. The fourth-order valence-corrected chi connectivity index (χ4v) is 5.77. The maximum absolute atomic E-state index is 12.5. The smallest absolute Gasteiger partial charge is 0.354 e. The molecule has 0 fully saturated rings. The first-order valence-corrected chi connectivity index (χ1v) is 13.4. The summed E-state index contributed by atoms with van der Waals surface area (Å²) >= 11 is 1.64. The van der Waals surface area contributed by atoms with Crippen LogP contribution in [-0.4, -0.2) is 29.9 Å². The predicted molar refractivity (Wildman–Crippen MR) is 160 cm³/mol. The van der Waals surface area contributed by atoms with Crippen LogP contribution >= 0.6 is 11.8 Å². The molecule has 38 heavy (non-hydrogen) atoms. The van der Waals surface area contributed by atoms with Crippen molar-refractivity contribution in [2.75, 3.05) is 11.4 Å². The number of para-hydroxylation sites is 1. The summed E-state index contributed by atoms with van der Waals surface area (Å²) in [5.74, 6) is -1.07. The van der Waals surface area contributed by atoms with E-state index in [4.69, 9.17) is 4.99 Å². The van der Waals surface area contributed by atoms with Crippen molar-refractivity contribution in [1.29, 1.82) is 0 Å². The topological polar surface area (TPSA) is 52.9 Å². The molecule has 0 saturated heterocycles. The SMILES string of the molecule is CCN1C(=CC=C(N=C(B(c2ccccc2)c2ccccc2)c2ccccc2)C(=O)O)Sc2ccccc21. The Morgan fingerprint density at radius 3 is 1.97 bits per heavy atom. The van der Waals surface area contributed by atoms with Gasteiger partial charge in [-0.15, -0.1) is 0 Å². The minimum absolute atomic E-state index is 0.0131. The van der Waals surface area contributed by atoms with Gasteiger partial charge in [0, 0.05) is 17.1 Å². The Morgan fingerprint density at radius 2 is 1.39 bits per heavy atom. The number of carbonyl (C=O) groups is 1. The first-order chi connectivity index (χ1) is 18.7. The molecule has 0 radical (unpaired) electrons. The highest BCUT2D eigenvalue weighted by molar-refractivity contribution is 8.03. The Hall–Kier alpha value is -4.29. The maximum atomic E-state index is 12.5. The van der Waals surface area contributed by atoms with E-state index in [1.165, 1.54) is 0 Å². The summed E-state index contributed by atoms with van der Waals surface area (Å²) in [7, 11) is 0. The lowest BCUT2D eigenvalue weighted by atomic mass is 9.36. The molecule has 5 rings (SSSR count). The second-order valence-corrected chi connectivity index (χ2v) is 9.86. The van der Waals surface area contributed by atoms with Crippen LogP contribution in [0.4, 0.5) is 5.69 Å². The zero-order chi connectivity index (χ0) is 26.3. The number of nitrogens with zero attached hydrogens (tertiary/aromatic N) is 2. The molecule has 1 heterocycles.